The van der Waals surface area contributed by atoms with Gasteiger partial charge in [0.25, 0.3) is 0 Å². The summed E-state index contributed by atoms with van der Waals surface area (Å²) in [6, 6.07) is 0. The van der Waals surface area contributed by atoms with Gasteiger partial charge in [0.15, 0.2) is 0 Å². The van der Waals surface area contributed by atoms with Gasteiger partial charge in [-0.05, 0) is 0 Å². The first-order valence-corrected chi connectivity index (χ1v) is 1.12. The molecule has 0 aromatic carbocycles. The van der Waals surface area contributed by atoms with Gasteiger partial charge in [-0.15, -0.1) is 0 Å². The Morgan fingerprint density at radius 2 is 2.40 bits per heavy atom. The molecule has 1 N–H and O–H groups in total. The maximum absolute atomic E-state index is 9.25. The second kappa shape index (κ2) is 1.52. The molecule has 0 aliphatic carbocycles. The van der Waals surface area contributed by atoms with Gasteiger partial charge in [-0.2, -0.15) is 0 Å². The number of carboxylic acids is 1. The molecule has 5 heavy (non-hydrogen) atoms. The van der Waals surface area contributed by atoms with Gasteiger partial charge < -0.3 is 5.11 Å². The molecule has 0 heterocycles. The molecular formula is C3H6O2. The van der Waals surface area contributed by atoms with E-state index in [0.29, 0.717) is 0 Å². The van der Waals surface area contributed by atoms with Crippen LogP contribution in [-0.4, -0.2) is 11.1 Å². The van der Waals surface area contributed by atoms with E-state index in [4.69, 9.17) is 5.11 Å². The van der Waals surface area contributed by atoms with Crippen LogP contribution in [0.2, 0.25) is 0 Å². The summed E-state index contributed by atoms with van der Waals surface area (Å²) in [7, 11) is 0. The van der Waals surface area contributed by atoms with E-state index < -0.39 is 5.97 Å². The highest BCUT2D eigenvalue weighted by Gasteiger charge is 1.73. The van der Waals surface area contributed by atoms with Crippen LogP contribution < -0.4 is 0 Å². The van der Waals surface area contributed by atoms with Crippen LogP contribution in [0.15, 0.2) is 12.7 Å². The SMILES string of the molecule is C=CC(=O)O.[HH]. The molecule has 0 saturated carbocycles. The van der Waals surface area contributed by atoms with E-state index in [1.807, 2.05) is 0 Å². The Hall–Kier alpha value is -0.790. The number of carbonyl (C=O) groups is 1. The molecule has 0 rings (SSSR count). The third-order valence-corrected chi connectivity index (χ3v) is 0.175. The van der Waals surface area contributed by atoms with Crippen LogP contribution in [0.25, 0.3) is 0 Å². The van der Waals surface area contributed by atoms with Crippen LogP contribution in [0.4, 0.5) is 0 Å². The highest BCUT2D eigenvalue weighted by Crippen LogP contribution is 1.54. The van der Waals surface area contributed by atoms with E-state index in [1.165, 1.54) is 0 Å². The first kappa shape index (κ1) is 4.21. The third kappa shape index (κ3) is 3.21. The van der Waals surface area contributed by atoms with Crippen molar-refractivity contribution in [3.05, 3.63) is 12.7 Å². The maximum atomic E-state index is 9.25. The Kier molecular flexibility index (Phi) is 1.28. The molecule has 30 valence electrons. The van der Waals surface area contributed by atoms with Gasteiger partial charge in [0.05, 0.1) is 0 Å². The fraction of sp³-hybridized carbons (Fsp3) is 0. The lowest BCUT2D eigenvalue weighted by atomic mass is 10.7. The molecule has 0 spiro atoms. The summed E-state index contributed by atoms with van der Waals surface area (Å²) in [6.45, 7) is 2.96. The molecule has 0 amide bonds. The molecule has 2 nitrogen and oxygen atoms in total. The molecule has 0 aliphatic rings. The van der Waals surface area contributed by atoms with Crippen LogP contribution in [0.1, 0.15) is 1.43 Å². The molecule has 0 aromatic heterocycles. The van der Waals surface area contributed by atoms with Gasteiger partial charge >= 0.3 is 5.97 Å². The molecule has 0 radical (unpaired) electrons. The van der Waals surface area contributed by atoms with E-state index in [1.54, 1.807) is 0 Å². The van der Waals surface area contributed by atoms with Gasteiger partial charge in [0, 0.05) is 7.50 Å². The van der Waals surface area contributed by atoms with Crippen LogP contribution >= 0.6 is 0 Å². The second-order valence-corrected chi connectivity index (χ2v) is 0.542. The minimum atomic E-state index is -0.981. The average Bonchev–Trinajstić information content (AvgIpc) is 1.38. The number of hydrogen-bond acceptors (Lipinski definition) is 1. The predicted molar refractivity (Wildman–Crippen MR) is 19.9 cm³/mol. The van der Waals surface area contributed by atoms with E-state index in [0.717, 1.165) is 6.08 Å². The minimum absolute atomic E-state index is 0. The predicted octanol–water partition coefficient (Wildman–Crippen LogP) is 0.503. The summed E-state index contributed by atoms with van der Waals surface area (Å²) in [6.07, 6.45) is 0.833. The smallest absolute Gasteiger partial charge is 0.327 e. The molecule has 0 fully saturated rings. The average molecular weight is 74.1 g/mol. The van der Waals surface area contributed by atoms with Gasteiger partial charge in [0.1, 0.15) is 0 Å². The van der Waals surface area contributed by atoms with Crippen LogP contribution in [-0.2, 0) is 4.79 Å². The highest BCUT2D eigenvalue weighted by atomic mass is 16.4. The van der Waals surface area contributed by atoms with E-state index >= 15 is 0 Å². The Bertz CT molecular complexity index is 59.8. The zero-order valence-corrected chi connectivity index (χ0v) is 2.64. The molecule has 0 bridgehead atoms. The van der Waals surface area contributed by atoms with Crippen LogP contribution in [0, 0.1) is 0 Å². The summed E-state index contributed by atoms with van der Waals surface area (Å²) >= 11 is 0. The van der Waals surface area contributed by atoms with Crippen molar-refractivity contribution in [3.63, 3.8) is 0 Å². The quantitative estimate of drug-likeness (QED) is 0.460. The lowest BCUT2D eigenvalue weighted by Gasteiger charge is -1.64. The van der Waals surface area contributed by atoms with Crippen molar-refractivity contribution in [2.24, 2.45) is 0 Å². The lowest BCUT2D eigenvalue weighted by Crippen LogP contribution is -1.82. The van der Waals surface area contributed by atoms with Crippen molar-refractivity contribution in [2.45, 2.75) is 0 Å². The number of aliphatic carboxylic acids is 1. The normalized spacial score (nSPS) is 6.40. The van der Waals surface area contributed by atoms with Crippen LogP contribution in [0.3, 0.4) is 0 Å². The summed E-state index contributed by atoms with van der Waals surface area (Å²) in [4.78, 5) is 9.25. The summed E-state index contributed by atoms with van der Waals surface area (Å²) in [5.74, 6) is -0.981. The zero-order chi connectivity index (χ0) is 4.28. The monoisotopic (exact) mass is 74.0 g/mol. The van der Waals surface area contributed by atoms with Gasteiger partial charge in [-0.25, -0.2) is 4.79 Å². The Morgan fingerprint density at radius 1 is 2.20 bits per heavy atom. The standard InChI is InChI=1S/C3H4O2.H2/c1-2-3(4)5;/h2H,1H2,(H,4,5);1H. The molecule has 2 heteroatoms. The molecule has 0 aromatic rings. The Labute approximate surface area is 31.2 Å². The second-order valence-electron chi connectivity index (χ2n) is 0.542. The molecule has 0 saturated heterocycles. The molecule has 0 aliphatic heterocycles. The largest absolute Gasteiger partial charge is 0.478 e. The van der Waals surface area contributed by atoms with Gasteiger partial charge in [-0.1, -0.05) is 6.58 Å². The van der Waals surface area contributed by atoms with Crippen molar-refractivity contribution in [1.29, 1.82) is 0 Å². The third-order valence-electron chi connectivity index (χ3n) is 0.175. The van der Waals surface area contributed by atoms with E-state index in [9.17, 15) is 4.79 Å². The van der Waals surface area contributed by atoms with Gasteiger partial charge in [0.2, 0.25) is 0 Å². The maximum Gasteiger partial charge on any atom is 0.327 e. The molecule has 0 unspecified atom stereocenters. The highest BCUT2D eigenvalue weighted by molar-refractivity contribution is 5.78. The Morgan fingerprint density at radius 3 is 2.40 bits per heavy atom. The first-order chi connectivity index (χ1) is 2.27. The fourth-order valence-corrected chi connectivity index (χ4v) is 0. The summed E-state index contributed by atoms with van der Waals surface area (Å²) in [5, 5.41) is 7.60. The van der Waals surface area contributed by atoms with Crippen molar-refractivity contribution in [2.75, 3.05) is 0 Å². The lowest BCUT2D eigenvalue weighted by molar-refractivity contribution is -0.131. The van der Waals surface area contributed by atoms with Crippen molar-refractivity contribution in [3.8, 4) is 0 Å². The summed E-state index contributed by atoms with van der Waals surface area (Å²) < 4.78 is 0. The van der Waals surface area contributed by atoms with Crippen molar-refractivity contribution in [1.82, 2.24) is 0 Å². The Balaban J connectivity index is 0. The number of carboxylic acid groups (broad SMARTS) is 1. The minimum Gasteiger partial charge on any atom is -0.478 e. The molecular weight excluding hydrogens is 68.0 g/mol. The number of rotatable bonds is 1. The van der Waals surface area contributed by atoms with Gasteiger partial charge in [-0.3, -0.25) is 0 Å². The van der Waals surface area contributed by atoms with E-state index in [2.05, 4.69) is 6.58 Å². The van der Waals surface area contributed by atoms with E-state index in [-0.39, 0.29) is 1.43 Å². The van der Waals surface area contributed by atoms with Crippen molar-refractivity contribution < 1.29 is 11.3 Å². The summed E-state index contributed by atoms with van der Waals surface area (Å²) in [5.41, 5.74) is 0. The first-order valence-electron chi connectivity index (χ1n) is 1.12. The topological polar surface area (TPSA) is 37.3 Å². The molecule has 0 atom stereocenters. The van der Waals surface area contributed by atoms with Crippen LogP contribution in [0.5, 0.6) is 0 Å². The number of hydrogen-bond donors (Lipinski definition) is 1. The zero-order valence-electron chi connectivity index (χ0n) is 2.64. The van der Waals surface area contributed by atoms with Crippen molar-refractivity contribution >= 4 is 5.97 Å². The fourth-order valence-electron chi connectivity index (χ4n) is 0.